The van der Waals surface area contributed by atoms with Crippen molar-refractivity contribution < 1.29 is 8.42 Å². The van der Waals surface area contributed by atoms with E-state index in [0.29, 0.717) is 6.54 Å². The quantitative estimate of drug-likeness (QED) is 0.502. The summed E-state index contributed by atoms with van der Waals surface area (Å²) in [5.41, 5.74) is 5.12. The second-order valence-corrected chi connectivity index (χ2v) is 8.27. The van der Waals surface area contributed by atoms with E-state index in [2.05, 4.69) is 9.62 Å². The van der Waals surface area contributed by atoms with Crippen LogP contribution in [-0.2, 0) is 10.0 Å². The third-order valence-electron chi connectivity index (χ3n) is 2.95. The maximum Gasteiger partial charge on any atom is 0.212 e. The van der Waals surface area contributed by atoms with Gasteiger partial charge in [-0.15, -0.1) is 0 Å². The van der Waals surface area contributed by atoms with E-state index in [4.69, 9.17) is 11.1 Å². The molecule has 0 aromatic rings. The van der Waals surface area contributed by atoms with Gasteiger partial charge in [0.2, 0.25) is 10.0 Å². The highest BCUT2D eigenvalue weighted by molar-refractivity contribution is 7.89. The van der Waals surface area contributed by atoms with Crippen molar-refractivity contribution >= 4 is 15.9 Å². The molecule has 0 spiro atoms. The summed E-state index contributed by atoms with van der Waals surface area (Å²) in [4.78, 5) is 2.08. The van der Waals surface area contributed by atoms with Crippen LogP contribution in [0, 0.1) is 10.8 Å². The van der Waals surface area contributed by atoms with Gasteiger partial charge in [-0.25, -0.2) is 13.1 Å². The molecule has 0 radical (unpaired) electrons. The number of amidine groups is 1. The van der Waals surface area contributed by atoms with Gasteiger partial charge in [0.25, 0.3) is 0 Å². The zero-order valence-electron chi connectivity index (χ0n) is 12.1. The standard InChI is InChI=1S/C12H26N4O2S/c1-12(2,3)9-19(17,18)15-10-4-6-16(7-5-10)8-11(13)14/h10,15H,4-9H2,1-3H3,(H3,13,14). The van der Waals surface area contributed by atoms with Crippen LogP contribution >= 0.6 is 0 Å². The van der Waals surface area contributed by atoms with Crippen molar-refractivity contribution in [3.63, 3.8) is 0 Å². The summed E-state index contributed by atoms with van der Waals surface area (Å²) in [5, 5.41) is 7.25. The molecule has 1 aliphatic rings. The molecule has 1 saturated heterocycles. The first kappa shape index (κ1) is 16.4. The van der Waals surface area contributed by atoms with Crippen LogP contribution in [-0.4, -0.2) is 50.6 Å². The summed E-state index contributed by atoms with van der Waals surface area (Å²) in [6.07, 6.45) is 1.55. The molecule has 1 heterocycles. The van der Waals surface area contributed by atoms with Gasteiger partial charge in [0.15, 0.2) is 0 Å². The van der Waals surface area contributed by atoms with E-state index in [-0.39, 0.29) is 23.0 Å². The molecule has 1 fully saturated rings. The fourth-order valence-corrected chi connectivity index (χ4v) is 4.28. The normalized spacial score (nSPS) is 19.5. The Bertz CT molecular complexity index is 406. The third-order valence-corrected chi connectivity index (χ3v) is 4.89. The first-order chi connectivity index (χ1) is 8.57. The van der Waals surface area contributed by atoms with Gasteiger partial charge in [-0.05, 0) is 18.3 Å². The molecule has 0 bridgehead atoms. The Morgan fingerprint density at radius 1 is 1.37 bits per heavy atom. The van der Waals surface area contributed by atoms with Crippen LogP contribution in [0.15, 0.2) is 0 Å². The number of nitrogens with two attached hydrogens (primary N) is 1. The molecule has 19 heavy (non-hydrogen) atoms. The van der Waals surface area contributed by atoms with Crippen LogP contribution in [0.4, 0.5) is 0 Å². The predicted molar refractivity (Wildman–Crippen MR) is 77.8 cm³/mol. The highest BCUT2D eigenvalue weighted by atomic mass is 32.2. The predicted octanol–water partition coefficient (Wildman–Crippen LogP) is 0.352. The Balaban J connectivity index is 2.42. The van der Waals surface area contributed by atoms with Gasteiger partial charge in [-0.2, -0.15) is 0 Å². The Kier molecular flexibility index (Phi) is 5.34. The highest BCUT2D eigenvalue weighted by Gasteiger charge is 2.27. The first-order valence-corrected chi connectivity index (χ1v) is 8.28. The summed E-state index contributed by atoms with van der Waals surface area (Å²) < 4.78 is 26.8. The summed E-state index contributed by atoms with van der Waals surface area (Å²) in [7, 11) is -3.21. The minimum Gasteiger partial charge on any atom is -0.387 e. The first-order valence-electron chi connectivity index (χ1n) is 6.63. The summed E-state index contributed by atoms with van der Waals surface area (Å²) >= 11 is 0. The molecule has 0 aliphatic carbocycles. The number of hydrogen-bond acceptors (Lipinski definition) is 4. The van der Waals surface area contributed by atoms with Crippen LogP contribution in [0.25, 0.3) is 0 Å². The van der Waals surface area contributed by atoms with Gasteiger partial charge >= 0.3 is 0 Å². The van der Waals surface area contributed by atoms with Crippen molar-refractivity contribution in [2.45, 2.75) is 39.7 Å². The smallest absolute Gasteiger partial charge is 0.212 e. The van der Waals surface area contributed by atoms with E-state index >= 15 is 0 Å². The zero-order valence-corrected chi connectivity index (χ0v) is 12.9. The van der Waals surface area contributed by atoms with E-state index in [0.717, 1.165) is 25.9 Å². The molecule has 0 unspecified atom stereocenters. The molecule has 0 aromatic heterocycles. The molecule has 0 aromatic carbocycles. The number of nitrogens with one attached hydrogen (secondary N) is 2. The van der Waals surface area contributed by atoms with Crippen molar-refractivity contribution in [3.05, 3.63) is 0 Å². The van der Waals surface area contributed by atoms with Crippen molar-refractivity contribution in [1.82, 2.24) is 9.62 Å². The third kappa shape index (κ3) is 6.89. The van der Waals surface area contributed by atoms with Crippen LogP contribution in [0.5, 0.6) is 0 Å². The molecule has 0 amide bonds. The van der Waals surface area contributed by atoms with Gasteiger partial charge < -0.3 is 5.73 Å². The Hall–Kier alpha value is -0.660. The molecule has 112 valence electrons. The number of likely N-dealkylation sites (tertiary alicyclic amines) is 1. The van der Waals surface area contributed by atoms with Gasteiger partial charge in [0.1, 0.15) is 5.84 Å². The van der Waals surface area contributed by atoms with E-state index in [9.17, 15) is 8.42 Å². The minimum atomic E-state index is -3.21. The average Bonchev–Trinajstić information content (AvgIpc) is 2.15. The van der Waals surface area contributed by atoms with Crippen molar-refractivity contribution in [1.29, 1.82) is 5.41 Å². The number of rotatable bonds is 5. The minimum absolute atomic E-state index is 0.00978. The molecule has 0 atom stereocenters. The van der Waals surface area contributed by atoms with Crippen molar-refractivity contribution in [3.8, 4) is 0 Å². The van der Waals surface area contributed by atoms with Crippen LogP contribution in [0.2, 0.25) is 0 Å². The number of piperidine rings is 1. The largest absolute Gasteiger partial charge is 0.387 e. The fraction of sp³-hybridized carbons (Fsp3) is 0.917. The Morgan fingerprint density at radius 2 is 1.89 bits per heavy atom. The highest BCUT2D eigenvalue weighted by Crippen LogP contribution is 2.17. The lowest BCUT2D eigenvalue weighted by Gasteiger charge is -2.32. The molecule has 6 nitrogen and oxygen atoms in total. The molecule has 1 aliphatic heterocycles. The lowest BCUT2D eigenvalue weighted by molar-refractivity contribution is 0.231. The molecule has 7 heteroatoms. The maximum absolute atomic E-state index is 12.0. The van der Waals surface area contributed by atoms with Crippen LogP contribution < -0.4 is 10.5 Å². The second-order valence-electron chi connectivity index (χ2n) is 6.51. The molecule has 0 saturated carbocycles. The average molecular weight is 290 g/mol. The molecular weight excluding hydrogens is 264 g/mol. The fourth-order valence-electron chi connectivity index (χ4n) is 2.32. The maximum atomic E-state index is 12.0. The van der Waals surface area contributed by atoms with Gasteiger partial charge in [-0.3, -0.25) is 10.3 Å². The summed E-state index contributed by atoms with van der Waals surface area (Å²) in [6.45, 7) is 7.79. The van der Waals surface area contributed by atoms with Gasteiger partial charge in [-0.1, -0.05) is 20.8 Å². The Labute approximate surface area is 116 Å². The van der Waals surface area contributed by atoms with Crippen LogP contribution in [0.1, 0.15) is 33.6 Å². The molecule has 1 rings (SSSR count). The lowest BCUT2D eigenvalue weighted by atomic mass is 10.0. The van der Waals surface area contributed by atoms with Gasteiger partial charge in [0, 0.05) is 19.1 Å². The van der Waals surface area contributed by atoms with E-state index < -0.39 is 10.0 Å². The van der Waals surface area contributed by atoms with Crippen molar-refractivity contribution in [2.75, 3.05) is 25.4 Å². The SMILES string of the molecule is CC(C)(C)CS(=O)(=O)NC1CCN(CC(=N)N)CC1. The number of hydrogen-bond donors (Lipinski definition) is 3. The zero-order chi connectivity index (χ0) is 14.7. The second kappa shape index (κ2) is 6.19. The molecule has 4 N–H and O–H groups in total. The van der Waals surface area contributed by atoms with E-state index in [1.54, 1.807) is 0 Å². The number of sulfonamides is 1. The summed E-state index contributed by atoms with van der Waals surface area (Å²) in [5.74, 6) is 0.306. The van der Waals surface area contributed by atoms with E-state index in [1.807, 2.05) is 20.8 Å². The van der Waals surface area contributed by atoms with Crippen LogP contribution in [0.3, 0.4) is 0 Å². The Morgan fingerprint density at radius 3 is 2.32 bits per heavy atom. The molecular formula is C12H26N4O2S. The van der Waals surface area contributed by atoms with Crippen molar-refractivity contribution in [2.24, 2.45) is 11.1 Å². The van der Waals surface area contributed by atoms with E-state index in [1.165, 1.54) is 0 Å². The monoisotopic (exact) mass is 290 g/mol. The topological polar surface area (TPSA) is 99.3 Å². The van der Waals surface area contributed by atoms with Gasteiger partial charge in [0.05, 0.1) is 12.3 Å². The lowest BCUT2D eigenvalue weighted by Crippen LogP contribution is -2.47. The summed E-state index contributed by atoms with van der Waals surface area (Å²) in [6, 6.07) is 0.00978. The number of nitrogens with zero attached hydrogens (tertiary/aromatic N) is 1.